The molecule has 122 valence electrons. The Labute approximate surface area is 146 Å². The molecule has 0 aliphatic carbocycles. The molecule has 1 heterocycles. The van der Waals surface area contributed by atoms with E-state index in [0.29, 0.717) is 21.3 Å². The number of amides is 1. The van der Waals surface area contributed by atoms with Gasteiger partial charge >= 0.3 is 0 Å². The molecule has 0 unspecified atom stereocenters. The smallest absolute Gasteiger partial charge is 0.257 e. The number of nitrogens with zero attached hydrogens (tertiary/aromatic N) is 1. The van der Waals surface area contributed by atoms with Crippen LogP contribution in [-0.2, 0) is 0 Å². The van der Waals surface area contributed by atoms with E-state index in [4.69, 9.17) is 23.2 Å². The Balaban J connectivity index is 2.00. The fourth-order valence-corrected chi connectivity index (χ4v) is 2.34. The zero-order valence-corrected chi connectivity index (χ0v) is 14.4. The van der Waals surface area contributed by atoms with E-state index >= 15 is 0 Å². The van der Waals surface area contributed by atoms with Crippen LogP contribution in [0.3, 0.4) is 0 Å². The maximum absolute atomic E-state index is 12.3. The van der Waals surface area contributed by atoms with Gasteiger partial charge in [-0.2, -0.15) is 0 Å². The van der Waals surface area contributed by atoms with Crippen LogP contribution in [0.2, 0.25) is 10.0 Å². The van der Waals surface area contributed by atoms with Crippen molar-refractivity contribution in [2.24, 2.45) is 0 Å². The summed E-state index contributed by atoms with van der Waals surface area (Å²) in [5.41, 5.74) is 1.91. The summed E-state index contributed by atoms with van der Waals surface area (Å²) in [5.74, 6) is -0.243. The first-order valence-electron chi connectivity index (χ1n) is 7.55. The summed E-state index contributed by atoms with van der Waals surface area (Å²) in [7, 11) is 0. The summed E-state index contributed by atoms with van der Waals surface area (Å²) in [6.07, 6.45) is 6.69. The molecule has 1 amide bonds. The minimum Gasteiger partial charge on any atom is -0.384 e. The molecule has 0 aliphatic rings. The highest BCUT2D eigenvalue weighted by Crippen LogP contribution is 2.25. The number of benzene rings is 1. The molecule has 0 fully saturated rings. The van der Waals surface area contributed by atoms with Crippen LogP contribution in [-0.4, -0.2) is 17.4 Å². The first kappa shape index (κ1) is 17.6. The summed E-state index contributed by atoms with van der Waals surface area (Å²) < 4.78 is 0. The number of rotatable bonds is 7. The van der Waals surface area contributed by atoms with Gasteiger partial charge in [-0.1, -0.05) is 43.0 Å². The molecule has 0 saturated carbocycles. The van der Waals surface area contributed by atoms with Crippen molar-refractivity contribution in [2.45, 2.75) is 26.2 Å². The molecular weight excluding hydrogens is 333 g/mol. The highest BCUT2D eigenvalue weighted by Gasteiger charge is 2.08. The Kier molecular flexibility index (Phi) is 6.68. The predicted molar refractivity (Wildman–Crippen MR) is 96.7 cm³/mol. The minimum absolute atomic E-state index is 0.243. The number of anilines is 2. The van der Waals surface area contributed by atoms with Crippen molar-refractivity contribution in [3.8, 4) is 0 Å². The van der Waals surface area contributed by atoms with Gasteiger partial charge in [-0.25, -0.2) is 0 Å². The van der Waals surface area contributed by atoms with Crippen LogP contribution in [0.4, 0.5) is 11.4 Å². The molecule has 0 aliphatic heterocycles. The van der Waals surface area contributed by atoms with E-state index in [-0.39, 0.29) is 5.91 Å². The van der Waals surface area contributed by atoms with Gasteiger partial charge in [0.25, 0.3) is 5.91 Å². The third-order valence-electron chi connectivity index (χ3n) is 3.29. The molecule has 6 heteroatoms. The van der Waals surface area contributed by atoms with Crippen LogP contribution in [0.5, 0.6) is 0 Å². The molecule has 0 saturated heterocycles. The number of nitrogens with one attached hydrogen (secondary N) is 2. The number of aromatic nitrogens is 1. The lowest BCUT2D eigenvalue weighted by atomic mass is 10.2. The SMILES string of the molecule is CCCCCNc1cncc(C(=O)Nc2ccc(Cl)c(Cl)c2)c1. The van der Waals surface area contributed by atoms with E-state index in [0.717, 1.165) is 18.7 Å². The lowest BCUT2D eigenvalue weighted by molar-refractivity contribution is 0.102. The van der Waals surface area contributed by atoms with Gasteiger partial charge in [0.05, 0.1) is 21.3 Å². The van der Waals surface area contributed by atoms with Gasteiger partial charge < -0.3 is 10.6 Å². The molecule has 2 rings (SSSR count). The molecule has 1 aromatic heterocycles. The maximum atomic E-state index is 12.3. The average molecular weight is 352 g/mol. The topological polar surface area (TPSA) is 54.0 Å². The maximum Gasteiger partial charge on any atom is 0.257 e. The fraction of sp³-hybridized carbons (Fsp3) is 0.294. The van der Waals surface area contributed by atoms with Crippen molar-refractivity contribution in [2.75, 3.05) is 17.2 Å². The number of hydrogen-bond donors (Lipinski definition) is 2. The highest BCUT2D eigenvalue weighted by atomic mass is 35.5. The average Bonchev–Trinajstić information content (AvgIpc) is 2.55. The van der Waals surface area contributed by atoms with E-state index in [9.17, 15) is 4.79 Å². The van der Waals surface area contributed by atoms with Crippen LogP contribution in [0.1, 0.15) is 36.5 Å². The van der Waals surface area contributed by atoms with Crippen molar-refractivity contribution in [3.05, 3.63) is 52.3 Å². The number of hydrogen-bond acceptors (Lipinski definition) is 3. The van der Waals surface area contributed by atoms with Gasteiger partial charge in [0.1, 0.15) is 0 Å². The van der Waals surface area contributed by atoms with Crippen molar-refractivity contribution >= 4 is 40.5 Å². The number of carbonyl (C=O) groups excluding carboxylic acids is 1. The van der Waals surface area contributed by atoms with Crippen molar-refractivity contribution < 1.29 is 4.79 Å². The zero-order chi connectivity index (χ0) is 16.7. The van der Waals surface area contributed by atoms with Crippen LogP contribution >= 0.6 is 23.2 Å². The molecule has 0 spiro atoms. The standard InChI is InChI=1S/C17H19Cl2N3O/c1-2-3-4-7-21-14-8-12(10-20-11-14)17(23)22-13-5-6-15(18)16(19)9-13/h5-6,8-11,21H,2-4,7H2,1H3,(H,22,23). The first-order valence-corrected chi connectivity index (χ1v) is 8.31. The molecule has 0 radical (unpaired) electrons. The van der Waals surface area contributed by atoms with E-state index in [1.807, 2.05) is 0 Å². The van der Waals surface area contributed by atoms with Gasteiger partial charge in [-0.15, -0.1) is 0 Å². The number of pyridine rings is 1. The Morgan fingerprint density at radius 1 is 1.09 bits per heavy atom. The van der Waals surface area contributed by atoms with Crippen LogP contribution in [0.15, 0.2) is 36.7 Å². The lowest BCUT2D eigenvalue weighted by Gasteiger charge is -2.09. The summed E-state index contributed by atoms with van der Waals surface area (Å²) in [6.45, 7) is 3.03. The van der Waals surface area contributed by atoms with Gasteiger partial charge in [0, 0.05) is 24.6 Å². The molecule has 0 bridgehead atoms. The third-order valence-corrected chi connectivity index (χ3v) is 4.03. The lowest BCUT2D eigenvalue weighted by Crippen LogP contribution is -2.13. The Hall–Kier alpha value is -1.78. The van der Waals surface area contributed by atoms with Gasteiger partial charge in [-0.3, -0.25) is 9.78 Å². The van der Waals surface area contributed by atoms with Crippen molar-refractivity contribution in [1.29, 1.82) is 0 Å². The Morgan fingerprint density at radius 3 is 2.65 bits per heavy atom. The molecule has 0 atom stereocenters. The minimum atomic E-state index is -0.243. The Bertz CT molecular complexity index is 677. The normalized spacial score (nSPS) is 10.4. The van der Waals surface area contributed by atoms with Crippen LogP contribution in [0, 0.1) is 0 Å². The molecular formula is C17H19Cl2N3O. The van der Waals surface area contributed by atoms with E-state index in [1.165, 1.54) is 19.0 Å². The largest absolute Gasteiger partial charge is 0.384 e. The number of halogens is 2. The molecule has 23 heavy (non-hydrogen) atoms. The molecule has 2 N–H and O–H groups in total. The molecule has 2 aromatic rings. The van der Waals surface area contributed by atoms with Crippen molar-refractivity contribution in [1.82, 2.24) is 4.98 Å². The second-order valence-electron chi connectivity index (χ2n) is 5.18. The Morgan fingerprint density at radius 2 is 1.91 bits per heavy atom. The van der Waals surface area contributed by atoms with E-state index in [2.05, 4.69) is 22.5 Å². The predicted octanol–water partition coefficient (Wildman–Crippen LogP) is 5.24. The molecule has 4 nitrogen and oxygen atoms in total. The summed E-state index contributed by atoms with van der Waals surface area (Å²) in [5, 5.41) is 6.90. The number of carbonyl (C=O) groups is 1. The van der Waals surface area contributed by atoms with Gasteiger partial charge in [0.2, 0.25) is 0 Å². The van der Waals surface area contributed by atoms with Crippen molar-refractivity contribution in [3.63, 3.8) is 0 Å². The second-order valence-corrected chi connectivity index (χ2v) is 5.99. The quantitative estimate of drug-likeness (QED) is 0.670. The first-order chi connectivity index (χ1) is 11.1. The highest BCUT2D eigenvalue weighted by molar-refractivity contribution is 6.42. The molecule has 1 aromatic carbocycles. The summed E-state index contributed by atoms with van der Waals surface area (Å²) in [4.78, 5) is 16.4. The summed E-state index contributed by atoms with van der Waals surface area (Å²) in [6, 6.07) is 6.74. The van der Waals surface area contributed by atoms with E-state index < -0.39 is 0 Å². The van der Waals surface area contributed by atoms with Crippen LogP contribution < -0.4 is 10.6 Å². The monoisotopic (exact) mass is 351 g/mol. The fourth-order valence-electron chi connectivity index (χ4n) is 2.05. The number of unbranched alkanes of at least 4 members (excludes halogenated alkanes) is 2. The zero-order valence-electron chi connectivity index (χ0n) is 12.9. The van der Waals surface area contributed by atoms with Crippen LogP contribution in [0.25, 0.3) is 0 Å². The third kappa shape index (κ3) is 5.41. The van der Waals surface area contributed by atoms with Gasteiger partial charge in [0.15, 0.2) is 0 Å². The second kappa shape index (κ2) is 8.75. The summed E-state index contributed by atoms with van der Waals surface area (Å²) >= 11 is 11.8. The van der Waals surface area contributed by atoms with E-state index in [1.54, 1.807) is 30.5 Å². The van der Waals surface area contributed by atoms with Gasteiger partial charge in [-0.05, 0) is 30.7 Å².